The van der Waals surface area contributed by atoms with Crippen molar-refractivity contribution in [1.82, 2.24) is 25.0 Å². The Morgan fingerprint density at radius 2 is 2.00 bits per heavy atom. The number of carbonyl (C=O) groups excluding carboxylic acids is 1. The Hall–Kier alpha value is -2.52. The number of nitrogens with one attached hydrogen (secondary N) is 2. The van der Waals surface area contributed by atoms with Gasteiger partial charge in [0.25, 0.3) is 0 Å². The molecular formula is C23H26ClN5O2S. The molecule has 3 aromatic rings. The molecule has 0 saturated carbocycles. The van der Waals surface area contributed by atoms with Crippen molar-refractivity contribution in [2.75, 3.05) is 32.8 Å². The largest absolute Gasteiger partial charge is 0.379 e. The molecule has 0 radical (unpaired) electrons. The van der Waals surface area contributed by atoms with Gasteiger partial charge in [0.1, 0.15) is 6.54 Å². The van der Waals surface area contributed by atoms with Crippen molar-refractivity contribution in [3.8, 4) is 11.4 Å². The molecule has 1 aliphatic rings. The summed E-state index contributed by atoms with van der Waals surface area (Å²) in [5.41, 5.74) is 3.22. The summed E-state index contributed by atoms with van der Waals surface area (Å²) in [6, 6.07) is 15.8. The van der Waals surface area contributed by atoms with Crippen LogP contribution in [0.2, 0.25) is 5.02 Å². The highest BCUT2D eigenvalue weighted by Gasteiger charge is 2.23. The smallest absolute Gasteiger partial charge is 0.240 e. The molecule has 168 valence electrons. The minimum absolute atomic E-state index is 0.0795. The first kappa shape index (κ1) is 22.7. The van der Waals surface area contributed by atoms with Crippen molar-refractivity contribution in [2.24, 2.45) is 0 Å². The van der Waals surface area contributed by atoms with Crippen molar-refractivity contribution in [3.63, 3.8) is 0 Å². The average molecular weight is 472 g/mol. The first-order valence-electron chi connectivity index (χ1n) is 10.6. The van der Waals surface area contributed by atoms with Crippen LogP contribution in [-0.2, 0) is 16.1 Å². The maximum absolute atomic E-state index is 12.9. The Bertz CT molecular complexity index is 1120. The summed E-state index contributed by atoms with van der Waals surface area (Å²) >= 11 is 11.4. The van der Waals surface area contributed by atoms with E-state index in [1.807, 2.05) is 12.1 Å². The van der Waals surface area contributed by atoms with Crippen molar-refractivity contribution in [1.29, 1.82) is 0 Å². The van der Waals surface area contributed by atoms with E-state index in [4.69, 9.17) is 28.6 Å². The molecule has 2 heterocycles. The predicted octanol–water partition coefficient (Wildman–Crippen LogP) is 3.76. The number of ether oxygens (including phenoxy) is 1. The minimum Gasteiger partial charge on any atom is -0.379 e. The Kier molecular flexibility index (Phi) is 7.36. The number of halogens is 1. The number of carbonyl (C=O) groups is 1. The first-order valence-corrected chi connectivity index (χ1v) is 11.4. The third-order valence-electron chi connectivity index (χ3n) is 5.57. The molecule has 1 atom stereocenters. The second-order valence-electron chi connectivity index (χ2n) is 7.83. The van der Waals surface area contributed by atoms with Gasteiger partial charge in [-0.25, -0.2) is 0 Å². The van der Waals surface area contributed by atoms with Crippen molar-refractivity contribution < 1.29 is 9.53 Å². The summed E-state index contributed by atoms with van der Waals surface area (Å²) in [6.45, 7) is 5.73. The molecule has 32 heavy (non-hydrogen) atoms. The van der Waals surface area contributed by atoms with E-state index in [2.05, 4.69) is 51.6 Å². The molecule has 0 bridgehead atoms. The molecular weight excluding hydrogens is 446 g/mol. The van der Waals surface area contributed by atoms with Crippen LogP contribution in [0.25, 0.3) is 11.4 Å². The van der Waals surface area contributed by atoms with E-state index in [0.717, 1.165) is 18.7 Å². The molecule has 0 spiro atoms. The fourth-order valence-corrected chi connectivity index (χ4v) is 4.24. The number of aryl methyl sites for hydroxylation is 1. The van der Waals surface area contributed by atoms with Crippen molar-refractivity contribution in [2.45, 2.75) is 19.5 Å². The number of hydrogen-bond acceptors (Lipinski definition) is 5. The molecule has 1 amide bonds. The maximum atomic E-state index is 12.9. The summed E-state index contributed by atoms with van der Waals surface area (Å²) in [4.78, 5) is 15.3. The molecule has 1 fully saturated rings. The molecule has 4 rings (SSSR count). The van der Waals surface area contributed by atoms with Crippen molar-refractivity contribution >= 4 is 29.7 Å². The van der Waals surface area contributed by atoms with E-state index < -0.39 is 0 Å². The third kappa shape index (κ3) is 5.45. The van der Waals surface area contributed by atoms with Crippen molar-refractivity contribution in [3.05, 3.63) is 69.5 Å². The van der Waals surface area contributed by atoms with Gasteiger partial charge in [0.2, 0.25) is 5.91 Å². The number of benzene rings is 2. The average Bonchev–Trinajstić information content (AvgIpc) is 3.15. The molecule has 2 N–H and O–H groups in total. The van der Waals surface area contributed by atoms with Crippen LogP contribution in [0.5, 0.6) is 0 Å². The molecule has 1 unspecified atom stereocenters. The zero-order valence-electron chi connectivity index (χ0n) is 17.9. The van der Waals surface area contributed by atoms with E-state index in [1.54, 1.807) is 16.7 Å². The minimum atomic E-state index is -0.122. The zero-order chi connectivity index (χ0) is 22.5. The first-order chi connectivity index (χ1) is 15.5. The van der Waals surface area contributed by atoms with Gasteiger partial charge in [0.05, 0.1) is 19.3 Å². The lowest BCUT2D eigenvalue weighted by atomic mass is 10.0. The molecule has 2 aromatic carbocycles. The van der Waals surface area contributed by atoms with Gasteiger partial charge in [-0.15, -0.1) is 0 Å². The Morgan fingerprint density at radius 3 is 2.72 bits per heavy atom. The number of aromatic nitrogens is 3. The van der Waals surface area contributed by atoms with Gasteiger partial charge in [0, 0.05) is 30.2 Å². The van der Waals surface area contributed by atoms with Gasteiger partial charge in [-0.1, -0.05) is 41.4 Å². The second kappa shape index (κ2) is 10.4. The molecule has 0 aliphatic carbocycles. The molecule has 1 aromatic heterocycles. The highest BCUT2D eigenvalue weighted by molar-refractivity contribution is 7.71. The number of rotatable bonds is 7. The molecule has 9 heteroatoms. The van der Waals surface area contributed by atoms with Crippen LogP contribution >= 0.6 is 23.8 Å². The maximum Gasteiger partial charge on any atom is 0.240 e. The SMILES string of the molecule is Cc1cccc(C(CNC(=O)Cn2c(-c3ccc(Cl)cc3)n[nH]c2=S)N2CCOCC2)c1. The molecule has 1 aliphatic heterocycles. The third-order valence-corrected chi connectivity index (χ3v) is 6.13. The predicted molar refractivity (Wildman–Crippen MR) is 127 cm³/mol. The summed E-state index contributed by atoms with van der Waals surface area (Å²) in [5.74, 6) is 0.480. The number of H-pyrrole nitrogens is 1. The van der Waals surface area contributed by atoms with Crippen LogP contribution in [0, 0.1) is 11.7 Å². The summed E-state index contributed by atoms with van der Waals surface area (Å²) in [5, 5.41) is 10.8. The normalized spacial score (nSPS) is 15.4. The fourth-order valence-electron chi connectivity index (χ4n) is 3.92. The quantitative estimate of drug-likeness (QED) is 0.513. The standard InChI is InChI=1S/C23H26ClN5O2S/c1-16-3-2-4-18(13-16)20(28-9-11-31-12-10-28)14-25-21(30)15-29-22(26-27-23(29)32)17-5-7-19(24)8-6-17/h2-8,13,20H,9-12,14-15H2,1H3,(H,25,30)(H,27,32). The van der Waals surface area contributed by atoms with E-state index in [-0.39, 0.29) is 18.5 Å². The van der Waals surface area contributed by atoms with Crippen LogP contribution in [0.4, 0.5) is 0 Å². The fraction of sp³-hybridized carbons (Fsp3) is 0.348. The Morgan fingerprint density at radius 1 is 1.25 bits per heavy atom. The summed E-state index contributed by atoms with van der Waals surface area (Å²) < 4.78 is 7.61. The highest BCUT2D eigenvalue weighted by Crippen LogP contribution is 2.23. The topological polar surface area (TPSA) is 75.2 Å². The number of morpholine rings is 1. The monoisotopic (exact) mass is 471 g/mol. The summed E-state index contributed by atoms with van der Waals surface area (Å²) in [7, 11) is 0. The molecule has 7 nitrogen and oxygen atoms in total. The zero-order valence-corrected chi connectivity index (χ0v) is 19.5. The second-order valence-corrected chi connectivity index (χ2v) is 8.65. The van der Waals surface area contributed by atoms with Gasteiger partial charge in [0.15, 0.2) is 10.6 Å². The van der Waals surface area contributed by atoms with Gasteiger partial charge in [-0.05, 0) is 49.0 Å². The van der Waals surface area contributed by atoms with E-state index in [9.17, 15) is 4.79 Å². The van der Waals surface area contributed by atoms with E-state index in [1.165, 1.54) is 11.1 Å². The van der Waals surface area contributed by atoms with Gasteiger partial charge < -0.3 is 10.1 Å². The Labute approximate surface area is 197 Å². The number of hydrogen-bond donors (Lipinski definition) is 2. The number of amides is 1. The summed E-state index contributed by atoms with van der Waals surface area (Å²) in [6.07, 6.45) is 0. The lowest BCUT2D eigenvalue weighted by Crippen LogP contribution is -2.44. The highest BCUT2D eigenvalue weighted by atomic mass is 35.5. The van der Waals surface area contributed by atoms with Crippen LogP contribution in [-0.4, -0.2) is 58.4 Å². The number of nitrogens with zero attached hydrogens (tertiary/aromatic N) is 3. The van der Waals surface area contributed by atoms with Crippen LogP contribution in [0.3, 0.4) is 0 Å². The molecule has 1 saturated heterocycles. The lowest BCUT2D eigenvalue weighted by Gasteiger charge is -2.35. The van der Waals surface area contributed by atoms with Gasteiger partial charge in [-0.2, -0.15) is 5.10 Å². The van der Waals surface area contributed by atoms with Crippen LogP contribution < -0.4 is 5.32 Å². The van der Waals surface area contributed by atoms with Gasteiger partial charge >= 0.3 is 0 Å². The van der Waals surface area contributed by atoms with E-state index >= 15 is 0 Å². The Balaban J connectivity index is 1.48. The number of aromatic amines is 1. The lowest BCUT2D eigenvalue weighted by molar-refractivity contribution is -0.122. The van der Waals surface area contributed by atoms with E-state index in [0.29, 0.717) is 35.4 Å². The van der Waals surface area contributed by atoms with Crippen LogP contribution in [0.1, 0.15) is 17.2 Å². The van der Waals surface area contributed by atoms with Gasteiger partial charge in [-0.3, -0.25) is 19.4 Å². The van der Waals surface area contributed by atoms with Crippen LogP contribution in [0.15, 0.2) is 48.5 Å².